The van der Waals surface area contributed by atoms with Crippen molar-refractivity contribution >= 4 is 11.9 Å². The first-order chi connectivity index (χ1) is 8.86. The lowest BCUT2D eigenvalue weighted by Gasteiger charge is -2.16. The predicted octanol–water partition coefficient (Wildman–Crippen LogP) is 2.32. The molecule has 0 saturated heterocycles. The third-order valence-electron chi connectivity index (χ3n) is 2.28. The molecule has 0 heterocycles. The van der Waals surface area contributed by atoms with Crippen molar-refractivity contribution in [2.24, 2.45) is 5.41 Å². The van der Waals surface area contributed by atoms with E-state index in [-0.39, 0.29) is 0 Å². The van der Waals surface area contributed by atoms with Gasteiger partial charge in [-0.15, -0.1) is 0 Å². The first-order valence-electron chi connectivity index (χ1n) is 6.09. The Morgan fingerprint density at radius 2 is 1.84 bits per heavy atom. The molecular weight excluding hydrogens is 246 g/mol. The fourth-order valence-electron chi connectivity index (χ4n) is 1.24. The second-order valence-corrected chi connectivity index (χ2v) is 5.00. The van der Waals surface area contributed by atoms with Crippen molar-refractivity contribution in [2.75, 3.05) is 6.61 Å². The summed E-state index contributed by atoms with van der Waals surface area (Å²) in [6, 6.07) is 6.77. The third kappa shape index (κ3) is 4.28. The summed E-state index contributed by atoms with van der Waals surface area (Å²) in [6.07, 6.45) is 0. The van der Waals surface area contributed by atoms with Crippen molar-refractivity contribution in [3.63, 3.8) is 0 Å². The van der Waals surface area contributed by atoms with Crippen molar-refractivity contribution in [1.29, 1.82) is 0 Å². The van der Waals surface area contributed by atoms with Gasteiger partial charge in [0.05, 0.1) is 17.6 Å². The fraction of sp³-hybridized carbons (Fsp3) is 0.429. The largest absolute Gasteiger partial charge is 0.493 e. The number of ether oxygens (including phenoxy) is 1. The normalized spacial score (nSPS) is 10.7. The lowest BCUT2D eigenvalue weighted by Crippen LogP contribution is -2.33. The van der Waals surface area contributed by atoms with Gasteiger partial charge in [-0.25, -0.2) is 4.79 Å². The lowest BCUT2D eigenvalue weighted by atomic mass is 9.98. The zero-order valence-corrected chi connectivity index (χ0v) is 11.6. The number of hydrogen-bond donors (Lipinski definition) is 1. The highest BCUT2D eigenvalue weighted by atomic mass is 16.7. The molecule has 0 aromatic heterocycles. The summed E-state index contributed by atoms with van der Waals surface area (Å²) in [6.45, 7) is 7.39. The lowest BCUT2D eigenvalue weighted by molar-refractivity contribution is -0.158. The van der Waals surface area contributed by atoms with Crippen molar-refractivity contribution in [3.8, 4) is 5.75 Å². The molecule has 0 aliphatic heterocycles. The monoisotopic (exact) mass is 265 g/mol. The molecule has 19 heavy (non-hydrogen) atoms. The molecule has 0 aliphatic carbocycles. The average Bonchev–Trinajstić information content (AvgIpc) is 2.35. The van der Waals surface area contributed by atoms with Gasteiger partial charge >= 0.3 is 5.97 Å². The molecule has 0 unspecified atom stereocenters. The summed E-state index contributed by atoms with van der Waals surface area (Å²) in [7, 11) is 0. The summed E-state index contributed by atoms with van der Waals surface area (Å²) in [5.74, 6) is -0.564. The number of amides is 1. The van der Waals surface area contributed by atoms with E-state index in [4.69, 9.17) is 9.57 Å². The van der Waals surface area contributed by atoms with Crippen molar-refractivity contribution < 1.29 is 19.2 Å². The molecule has 0 bridgehead atoms. The molecule has 1 N–H and O–H groups in total. The van der Waals surface area contributed by atoms with Crippen LogP contribution in [0, 0.1) is 5.41 Å². The molecule has 0 spiro atoms. The standard InChI is InChI=1S/C14H19NO4/c1-5-18-11-9-7-6-8-10(11)12(16)15-19-13(17)14(2,3)4/h6-9H,5H2,1-4H3,(H,15,16). The summed E-state index contributed by atoms with van der Waals surface area (Å²) >= 11 is 0. The quantitative estimate of drug-likeness (QED) is 0.852. The highest BCUT2D eigenvalue weighted by molar-refractivity contribution is 5.97. The molecule has 5 heteroatoms. The van der Waals surface area contributed by atoms with Gasteiger partial charge in [0.1, 0.15) is 5.75 Å². The molecule has 0 saturated carbocycles. The van der Waals surface area contributed by atoms with Gasteiger partial charge in [0.25, 0.3) is 5.91 Å². The van der Waals surface area contributed by atoms with Crippen molar-refractivity contribution in [2.45, 2.75) is 27.7 Å². The van der Waals surface area contributed by atoms with Gasteiger partial charge in [-0.1, -0.05) is 12.1 Å². The molecule has 1 amide bonds. The van der Waals surface area contributed by atoms with Crippen LogP contribution in [0.4, 0.5) is 0 Å². The Bertz CT molecular complexity index is 463. The molecule has 0 fully saturated rings. The van der Waals surface area contributed by atoms with Crippen molar-refractivity contribution in [3.05, 3.63) is 29.8 Å². The Kier molecular flexibility index (Phi) is 4.92. The SMILES string of the molecule is CCOc1ccccc1C(=O)NOC(=O)C(C)(C)C. The number of carbonyl (C=O) groups is 2. The van der Waals surface area contributed by atoms with E-state index in [2.05, 4.69) is 5.48 Å². The number of para-hydroxylation sites is 1. The number of benzene rings is 1. The average molecular weight is 265 g/mol. The molecule has 5 nitrogen and oxygen atoms in total. The summed E-state index contributed by atoms with van der Waals surface area (Å²) in [5.41, 5.74) is 1.79. The van der Waals surface area contributed by atoms with Crippen LogP contribution in [-0.4, -0.2) is 18.5 Å². The van der Waals surface area contributed by atoms with Crippen LogP contribution >= 0.6 is 0 Å². The highest BCUT2D eigenvalue weighted by Crippen LogP contribution is 2.18. The van der Waals surface area contributed by atoms with Crippen LogP contribution < -0.4 is 10.2 Å². The van der Waals surface area contributed by atoms with Gasteiger partial charge in [-0.2, -0.15) is 5.48 Å². The maximum atomic E-state index is 11.9. The van der Waals surface area contributed by atoms with E-state index in [1.165, 1.54) is 0 Å². The molecule has 0 radical (unpaired) electrons. The number of nitrogens with one attached hydrogen (secondary N) is 1. The maximum absolute atomic E-state index is 11.9. The Hall–Kier alpha value is -2.04. The molecule has 1 rings (SSSR count). The van der Waals surface area contributed by atoms with Crippen LogP contribution in [0.15, 0.2) is 24.3 Å². The number of rotatable bonds is 3. The van der Waals surface area contributed by atoms with E-state index in [9.17, 15) is 9.59 Å². The van der Waals surface area contributed by atoms with Crippen LogP contribution in [0.25, 0.3) is 0 Å². The molecule has 1 aromatic rings. The maximum Gasteiger partial charge on any atom is 0.337 e. The van der Waals surface area contributed by atoms with Crippen LogP contribution in [0.3, 0.4) is 0 Å². The first kappa shape index (κ1) is 15.0. The van der Waals surface area contributed by atoms with Gasteiger partial charge in [0.2, 0.25) is 0 Å². The highest BCUT2D eigenvalue weighted by Gasteiger charge is 2.24. The van der Waals surface area contributed by atoms with Gasteiger partial charge in [-0.3, -0.25) is 4.79 Å². The first-order valence-corrected chi connectivity index (χ1v) is 6.09. The zero-order chi connectivity index (χ0) is 14.5. The second-order valence-electron chi connectivity index (χ2n) is 5.00. The van der Waals surface area contributed by atoms with Crippen molar-refractivity contribution in [1.82, 2.24) is 5.48 Å². The van der Waals surface area contributed by atoms with E-state index in [0.717, 1.165) is 0 Å². The van der Waals surface area contributed by atoms with E-state index < -0.39 is 17.3 Å². The number of hydroxylamine groups is 1. The fourth-order valence-corrected chi connectivity index (χ4v) is 1.24. The third-order valence-corrected chi connectivity index (χ3v) is 2.28. The Balaban J connectivity index is 2.71. The Morgan fingerprint density at radius 3 is 2.42 bits per heavy atom. The predicted molar refractivity (Wildman–Crippen MR) is 70.6 cm³/mol. The minimum atomic E-state index is -0.674. The number of carbonyl (C=O) groups excluding carboxylic acids is 2. The second kappa shape index (κ2) is 6.22. The molecule has 1 aromatic carbocycles. The van der Waals surface area contributed by atoms with Gasteiger partial charge in [-0.05, 0) is 39.8 Å². The molecular formula is C14H19NO4. The zero-order valence-electron chi connectivity index (χ0n) is 11.6. The van der Waals surface area contributed by atoms with Crippen LogP contribution in [-0.2, 0) is 9.63 Å². The van der Waals surface area contributed by atoms with Gasteiger partial charge < -0.3 is 9.57 Å². The van der Waals surface area contributed by atoms with Crippen LogP contribution in [0.2, 0.25) is 0 Å². The summed E-state index contributed by atoms with van der Waals surface area (Å²) in [5, 5.41) is 0. The van der Waals surface area contributed by atoms with Crippen LogP contribution in [0.5, 0.6) is 5.75 Å². The van der Waals surface area contributed by atoms with E-state index >= 15 is 0 Å². The number of hydrogen-bond acceptors (Lipinski definition) is 4. The minimum absolute atomic E-state index is 0.325. The van der Waals surface area contributed by atoms with E-state index in [0.29, 0.717) is 17.9 Å². The molecule has 0 aliphatic rings. The molecule has 0 atom stereocenters. The summed E-state index contributed by atoms with van der Waals surface area (Å²) < 4.78 is 5.33. The Labute approximate surface area is 112 Å². The smallest absolute Gasteiger partial charge is 0.337 e. The topological polar surface area (TPSA) is 64.6 Å². The van der Waals surface area contributed by atoms with Crippen LogP contribution in [0.1, 0.15) is 38.1 Å². The van der Waals surface area contributed by atoms with Gasteiger partial charge in [0.15, 0.2) is 0 Å². The van der Waals surface area contributed by atoms with E-state index in [1.54, 1.807) is 45.0 Å². The molecule has 104 valence electrons. The van der Waals surface area contributed by atoms with Gasteiger partial charge in [0, 0.05) is 0 Å². The summed E-state index contributed by atoms with van der Waals surface area (Å²) in [4.78, 5) is 28.2. The minimum Gasteiger partial charge on any atom is -0.493 e. The Morgan fingerprint density at radius 1 is 1.21 bits per heavy atom. The van der Waals surface area contributed by atoms with E-state index in [1.807, 2.05) is 6.92 Å².